The van der Waals surface area contributed by atoms with E-state index < -0.39 is 6.10 Å². The van der Waals surface area contributed by atoms with Crippen molar-refractivity contribution in [2.45, 2.75) is 348 Å². The van der Waals surface area contributed by atoms with Gasteiger partial charge in [0.25, 0.3) is 0 Å². The van der Waals surface area contributed by atoms with Crippen molar-refractivity contribution in [2.24, 2.45) is 0 Å². The molecule has 0 aliphatic heterocycles. The predicted octanol–water partition coefficient (Wildman–Crippen LogP) is 22.3. The summed E-state index contributed by atoms with van der Waals surface area (Å²) in [5.41, 5.74) is 0. The molecule has 0 rings (SSSR count). The smallest absolute Gasteiger partial charge is 0.306 e. The Morgan fingerprint density at radius 1 is 0.280 bits per heavy atom. The molecule has 6 nitrogen and oxygen atoms in total. The van der Waals surface area contributed by atoms with Crippen LogP contribution in [0.5, 0.6) is 0 Å². The van der Waals surface area contributed by atoms with Crippen molar-refractivity contribution in [2.75, 3.05) is 13.2 Å². The molecule has 0 N–H and O–H groups in total. The molecule has 0 aromatic carbocycles. The highest BCUT2D eigenvalue weighted by Gasteiger charge is 2.19. The molecule has 0 heterocycles. The van der Waals surface area contributed by atoms with E-state index in [2.05, 4.69) is 81.5 Å². The molecule has 0 fully saturated rings. The minimum atomic E-state index is -0.766. The molecule has 0 aliphatic rings. The molecule has 0 saturated heterocycles. The highest BCUT2D eigenvalue weighted by atomic mass is 16.6. The molecular formula is C69H124O6. The maximum Gasteiger partial charge on any atom is 0.306 e. The number of rotatable bonds is 60. The molecule has 0 radical (unpaired) electrons. The highest BCUT2D eigenvalue weighted by Crippen LogP contribution is 2.18. The zero-order chi connectivity index (χ0) is 54.3. The van der Waals surface area contributed by atoms with Crippen LogP contribution in [0.2, 0.25) is 0 Å². The Morgan fingerprint density at radius 2 is 0.520 bits per heavy atom. The zero-order valence-corrected chi connectivity index (χ0v) is 50.1. The van der Waals surface area contributed by atoms with Gasteiger partial charge in [0, 0.05) is 19.3 Å². The highest BCUT2D eigenvalue weighted by molar-refractivity contribution is 5.71. The molecule has 1 unspecified atom stereocenters. The number of hydrogen-bond acceptors (Lipinski definition) is 6. The number of carbonyl (C=O) groups is 3. The molecule has 75 heavy (non-hydrogen) atoms. The van der Waals surface area contributed by atoms with Gasteiger partial charge in [-0.1, -0.05) is 319 Å². The SMILES string of the molecule is CC/C=C\C/C=C\C/C=C\C/C=C\C/C=C\CCCCCCCCCCCCCCCCCCCCCC(=O)OCC(COC(=O)CCCCCCCCCC)OC(=O)CCCCCCCCCCCCCCCC. The minimum absolute atomic E-state index is 0.0668. The topological polar surface area (TPSA) is 78.9 Å². The van der Waals surface area contributed by atoms with Gasteiger partial charge in [-0.3, -0.25) is 14.4 Å². The number of ether oxygens (including phenoxy) is 3. The maximum absolute atomic E-state index is 12.8. The Bertz CT molecular complexity index is 1340. The molecule has 0 amide bonds. The van der Waals surface area contributed by atoms with Gasteiger partial charge in [-0.15, -0.1) is 0 Å². The van der Waals surface area contributed by atoms with E-state index in [0.717, 1.165) is 89.9 Å². The molecule has 0 saturated carbocycles. The van der Waals surface area contributed by atoms with Gasteiger partial charge >= 0.3 is 17.9 Å². The maximum atomic E-state index is 12.8. The third kappa shape index (κ3) is 61.8. The van der Waals surface area contributed by atoms with Crippen LogP contribution in [0.25, 0.3) is 0 Å². The van der Waals surface area contributed by atoms with E-state index in [1.807, 2.05) is 0 Å². The Balaban J connectivity index is 3.96. The lowest BCUT2D eigenvalue weighted by Gasteiger charge is -2.18. The lowest BCUT2D eigenvalue weighted by Crippen LogP contribution is -2.30. The van der Waals surface area contributed by atoms with E-state index in [9.17, 15) is 14.4 Å². The molecule has 0 spiro atoms. The van der Waals surface area contributed by atoms with Crippen LogP contribution in [0.15, 0.2) is 60.8 Å². The van der Waals surface area contributed by atoms with Crippen molar-refractivity contribution < 1.29 is 28.6 Å². The van der Waals surface area contributed by atoms with Crippen LogP contribution in [0.3, 0.4) is 0 Å². The number of esters is 3. The average molecular weight is 1050 g/mol. The van der Waals surface area contributed by atoms with Gasteiger partial charge in [0.15, 0.2) is 6.10 Å². The second kappa shape index (κ2) is 63.6. The lowest BCUT2D eigenvalue weighted by atomic mass is 10.0. The van der Waals surface area contributed by atoms with Crippen LogP contribution in [0.4, 0.5) is 0 Å². The number of allylic oxidation sites excluding steroid dienone is 10. The summed E-state index contributed by atoms with van der Waals surface area (Å²) < 4.78 is 16.8. The molecule has 0 aromatic rings. The first-order valence-electron chi connectivity index (χ1n) is 32.8. The number of unbranched alkanes of at least 4 members (excludes halogenated alkanes) is 39. The van der Waals surface area contributed by atoms with Gasteiger partial charge in [0.2, 0.25) is 0 Å². The Labute approximate surface area is 466 Å². The van der Waals surface area contributed by atoms with Gasteiger partial charge in [-0.25, -0.2) is 0 Å². The fourth-order valence-electron chi connectivity index (χ4n) is 9.65. The van der Waals surface area contributed by atoms with Gasteiger partial charge in [-0.2, -0.15) is 0 Å². The average Bonchev–Trinajstić information content (AvgIpc) is 3.41. The van der Waals surface area contributed by atoms with Crippen molar-refractivity contribution in [3.8, 4) is 0 Å². The van der Waals surface area contributed by atoms with Crippen LogP contribution in [0.1, 0.15) is 342 Å². The summed E-state index contributed by atoms with van der Waals surface area (Å²) in [7, 11) is 0. The lowest BCUT2D eigenvalue weighted by molar-refractivity contribution is -0.167. The van der Waals surface area contributed by atoms with Gasteiger partial charge in [0.05, 0.1) is 0 Å². The largest absolute Gasteiger partial charge is 0.462 e. The first-order chi connectivity index (χ1) is 37.0. The quantitative estimate of drug-likeness (QED) is 0.0261. The van der Waals surface area contributed by atoms with Crippen molar-refractivity contribution in [3.05, 3.63) is 60.8 Å². The number of carbonyl (C=O) groups excluding carboxylic acids is 3. The van der Waals surface area contributed by atoms with Crippen molar-refractivity contribution in [3.63, 3.8) is 0 Å². The monoisotopic (exact) mass is 1050 g/mol. The van der Waals surface area contributed by atoms with E-state index in [-0.39, 0.29) is 31.1 Å². The summed E-state index contributed by atoms with van der Waals surface area (Å²) in [6, 6.07) is 0. The molecule has 0 aliphatic carbocycles. The first kappa shape index (κ1) is 72.1. The van der Waals surface area contributed by atoms with Crippen LogP contribution in [-0.4, -0.2) is 37.2 Å². The number of hydrogen-bond donors (Lipinski definition) is 0. The molecular weight excluding hydrogens is 925 g/mol. The predicted molar refractivity (Wildman–Crippen MR) is 325 cm³/mol. The summed E-state index contributed by atoms with van der Waals surface area (Å²) in [6.07, 6.45) is 81.2. The van der Waals surface area contributed by atoms with Gasteiger partial charge in [-0.05, 0) is 64.2 Å². The van der Waals surface area contributed by atoms with Crippen molar-refractivity contribution in [1.82, 2.24) is 0 Å². The summed E-state index contributed by atoms with van der Waals surface area (Å²) in [5, 5.41) is 0. The molecule has 6 heteroatoms. The van der Waals surface area contributed by atoms with E-state index in [1.165, 1.54) is 212 Å². The third-order valence-electron chi connectivity index (χ3n) is 14.5. The van der Waals surface area contributed by atoms with Crippen LogP contribution < -0.4 is 0 Å². The third-order valence-corrected chi connectivity index (χ3v) is 14.5. The molecule has 0 aromatic heterocycles. The minimum Gasteiger partial charge on any atom is -0.462 e. The molecule has 1 atom stereocenters. The summed E-state index contributed by atoms with van der Waals surface area (Å²) >= 11 is 0. The summed E-state index contributed by atoms with van der Waals surface area (Å²) in [5.74, 6) is -0.851. The van der Waals surface area contributed by atoms with E-state index >= 15 is 0 Å². The van der Waals surface area contributed by atoms with Crippen LogP contribution in [-0.2, 0) is 28.6 Å². The van der Waals surface area contributed by atoms with Gasteiger partial charge in [0.1, 0.15) is 13.2 Å². The Morgan fingerprint density at radius 3 is 0.813 bits per heavy atom. The summed E-state index contributed by atoms with van der Waals surface area (Å²) in [4.78, 5) is 38.1. The first-order valence-corrected chi connectivity index (χ1v) is 32.8. The van der Waals surface area contributed by atoms with E-state index in [1.54, 1.807) is 0 Å². The molecule has 0 bridgehead atoms. The fourth-order valence-corrected chi connectivity index (χ4v) is 9.65. The van der Waals surface area contributed by atoms with E-state index in [4.69, 9.17) is 14.2 Å². The second-order valence-electron chi connectivity index (χ2n) is 22.0. The van der Waals surface area contributed by atoms with Crippen molar-refractivity contribution in [1.29, 1.82) is 0 Å². The Kier molecular flexibility index (Phi) is 61.2. The second-order valence-corrected chi connectivity index (χ2v) is 22.0. The summed E-state index contributed by atoms with van der Waals surface area (Å²) in [6.45, 7) is 6.54. The normalized spacial score (nSPS) is 12.4. The van der Waals surface area contributed by atoms with Crippen LogP contribution >= 0.6 is 0 Å². The van der Waals surface area contributed by atoms with E-state index in [0.29, 0.717) is 19.3 Å². The molecule has 436 valence electrons. The standard InChI is InChI=1S/C69H124O6/c1-4-7-10-13-16-19-21-23-25-26-27-28-29-30-31-32-33-34-35-36-37-38-39-40-41-42-43-44-45-47-48-50-53-56-59-62-68(71)74-65-66(64-73-67(70)61-58-55-52-18-15-12-9-6-3)75-69(72)63-60-57-54-51-49-46-24-22-20-17-14-11-8-5-2/h7,10,16,19,23,25,27-28,30-31,66H,4-6,8-9,11-15,17-18,20-22,24,26,29,32-65H2,1-3H3/b10-7-,19-16-,25-23-,28-27-,31-30-. The van der Waals surface area contributed by atoms with Gasteiger partial charge < -0.3 is 14.2 Å². The zero-order valence-electron chi connectivity index (χ0n) is 50.1. The Hall–Kier alpha value is -2.89. The van der Waals surface area contributed by atoms with Crippen molar-refractivity contribution >= 4 is 17.9 Å². The fraction of sp³-hybridized carbons (Fsp3) is 0.812. The van der Waals surface area contributed by atoms with Crippen LogP contribution in [0, 0.1) is 0 Å².